The summed E-state index contributed by atoms with van der Waals surface area (Å²) in [5, 5.41) is 3.49. The van der Waals surface area contributed by atoms with E-state index in [0.29, 0.717) is 0 Å². The van der Waals surface area contributed by atoms with E-state index >= 15 is 0 Å². The van der Waals surface area contributed by atoms with Crippen LogP contribution in [-0.4, -0.2) is 44.8 Å². The standard InChI is InChI=1S/C16H26N2O/c1-19-11-9-17-12-16-8-5-10-18(14-16)13-15-6-3-2-4-7-15/h2-4,6-7,16-17H,5,8-14H2,1H3. The topological polar surface area (TPSA) is 24.5 Å². The van der Waals surface area contributed by atoms with Gasteiger partial charge in [0.2, 0.25) is 0 Å². The highest BCUT2D eigenvalue weighted by Crippen LogP contribution is 2.17. The number of ether oxygens (including phenoxy) is 1. The van der Waals surface area contributed by atoms with Gasteiger partial charge in [-0.15, -0.1) is 0 Å². The molecule has 1 saturated heterocycles. The van der Waals surface area contributed by atoms with Gasteiger partial charge in [0.05, 0.1) is 6.61 Å². The van der Waals surface area contributed by atoms with Gasteiger partial charge in [0.15, 0.2) is 0 Å². The van der Waals surface area contributed by atoms with Gasteiger partial charge in [0, 0.05) is 26.7 Å². The average molecular weight is 262 g/mol. The summed E-state index contributed by atoms with van der Waals surface area (Å²) in [6.45, 7) is 6.44. The minimum absolute atomic E-state index is 0.786. The lowest BCUT2D eigenvalue weighted by atomic mass is 9.97. The average Bonchev–Trinajstić information content (AvgIpc) is 2.45. The molecule has 0 saturated carbocycles. The van der Waals surface area contributed by atoms with E-state index in [0.717, 1.165) is 32.2 Å². The summed E-state index contributed by atoms with van der Waals surface area (Å²) in [6.07, 6.45) is 2.68. The molecule has 1 atom stereocenters. The summed E-state index contributed by atoms with van der Waals surface area (Å²) in [5.41, 5.74) is 1.43. The summed E-state index contributed by atoms with van der Waals surface area (Å²) in [6, 6.07) is 10.8. The number of methoxy groups -OCH3 is 1. The molecule has 1 aromatic carbocycles. The first kappa shape index (κ1) is 14.5. The number of rotatable bonds is 7. The van der Waals surface area contributed by atoms with Crippen molar-refractivity contribution in [2.45, 2.75) is 19.4 Å². The lowest BCUT2D eigenvalue weighted by Crippen LogP contribution is -2.39. The van der Waals surface area contributed by atoms with Crippen molar-refractivity contribution >= 4 is 0 Å². The third-order valence-corrected chi connectivity index (χ3v) is 3.77. The van der Waals surface area contributed by atoms with Crippen molar-refractivity contribution in [3.63, 3.8) is 0 Å². The maximum absolute atomic E-state index is 5.06. The highest BCUT2D eigenvalue weighted by molar-refractivity contribution is 5.14. The molecule has 2 rings (SSSR count). The Morgan fingerprint density at radius 3 is 2.95 bits per heavy atom. The Morgan fingerprint density at radius 1 is 1.32 bits per heavy atom. The molecule has 3 heteroatoms. The summed E-state index contributed by atoms with van der Waals surface area (Å²) < 4.78 is 5.06. The summed E-state index contributed by atoms with van der Waals surface area (Å²) in [4.78, 5) is 2.58. The molecule has 1 unspecified atom stereocenters. The van der Waals surface area contributed by atoms with Gasteiger partial charge in [0.1, 0.15) is 0 Å². The molecular weight excluding hydrogens is 236 g/mol. The fraction of sp³-hybridized carbons (Fsp3) is 0.625. The molecular formula is C16H26N2O. The van der Waals surface area contributed by atoms with Crippen molar-refractivity contribution in [3.05, 3.63) is 35.9 Å². The van der Waals surface area contributed by atoms with Gasteiger partial charge in [-0.05, 0) is 37.4 Å². The minimum atomic E-state index is 0.786. The highest BCUT2D eigenvalue weighted by atomic mass is 16.5. The third kappa shape index (κ3) is 5.31. The zero-order chi connectivity index (χ0) is 13.3. The first-order valence-corrected chi connectivity index (χ1v) is 7.34. The van der Waals surface area contributed by atoms with Crippen LogP contribution in [0.15, 0.2) is 30.3 Å². The van der Waals surface area contributed by atoms with Crippen LogP contribution in [0.2, 0.25) is 0 Å². The number of likely N-dealkylation sites (tertiary alicyclic amines) is 1. The first-order valence-electron chi connectivity index (χ1n) is 7.34. The van der Waals surface area contributed by atoms with Crippen LogP contribution < -0.4 is 5.32 Å². The van der Waals surface area contributed by atoms with Gasteiger partial charge in [-0.3, -0.25) is 4.90 Å². The Kier molecular flexibility index (Phi) is 6.34. The number of nitrogens with zero attached hydrogens (tertiary/aromatic N) is 1. The van der Waals surface area contributed by atoms with E-state index in [1.165, 1.54) is 31.5 Å². The molecule has 3 nitrogen and oxygen atoms in total. The summed E-state index contributed by atoms with van der Waals surface area (Å²) in [7, 11) is 1.75. The predicted octanol–water partition coefficient (Wildman–Crippen LogP) is 2.13. The van der Waals surface area contributed by atoms with E-state index in [4.69, 9.17) is 4.74 Å². The van der Waals surface area contributed by atoms with Crippen molar-refractivity contribution in [3.8, 4) is 0 Å². The maximum Gasteiger partial charge on any atom is 0.0587 e. The first-order chi connectivity index (χ1) is 9.38. The zero-order valence-corrected chi connectivity index (χ0v) is 12.0. The number of hydrogen-bond acceptors (Lipinski definition) is 3. The molecule has 1 fully saturated rings. The molecule has 0 bridgehead atoms. The maximum atomic E-state index is 5.06. The van der Waals surface area contributed by atoms with Gasteiger partial charge < -0.3 is 10.1 Å². The van der Waals surface area contributed by atoms with Crippen LogP contribution in [0.1, 0.15) is 18.4 Å². The minimum Gasteiger partial charge on any atom is -0.383 e. The Labute approximate surface area is 116 Å². The SMILES string of the molecule is COCCNCC1CCCN(Cc2ccccc2)C1. The number of piperidine rings is 1. The zero-order valence-electron chi connectivity index (χ0n) is 12.0. The normalized spacial score (nSPS) is 20.6. The van der Waals surface area contributed by atoms with Crippen LogP contribution in [0.25, 0.3) is 0 Å². The molecule has 1 N–H and O–H groups in total. The number of benzene rings is 1. The molecule has 1 aliphatic rings. The van der Waals surface area contributed by atoms with E-state index in [9.17, 15) is 0 Å². The Hall–Kier alpha value is -0.900. The lowest BCUT2D eigenvalue weighted by Gasteiger charge is -2.33. The highest BCUT2D eigenvalue weighted by Gasteiger charge is 2.19. The van der Waals surface area contributed by atoms with Crippen LogP contribution in [0.3, 0.4) is 0 Å². The fourth-order valence-corrected chi connectivity index (χ4v) is 2.78. The van der Waals surface area contributed by atoms with E-state index < -0.39 is 0 Å². The van der Waals surface area contributed by atoms with Crippen molar-refractivity contribution in [2.75, 3.05) is 39.9 Å². The van der Waals surface area contributed by atoms with Gasteiger partial charge in [-0.2, -0.15) is 0 Å². The fourth-order valence-electron chi connectivity index (χ4n) is 2.78. The monoisotopic (exact) mass is 262 g/mol. The van der Waals surface area contributed by atoms with Gasteiger partial charge >= 0.3 is 0 Å². The molecule has 106 valence electrons. The molecule has 0 amide bonds. The third-order valence-electron chi connectivity index (χ3n) is 3.77. The van der Waals surface area contributed by atoms with Crippen LogP contribution in [0.5, 0.6) is 0 Å². The van der Waals surface area contributed by atoms with Crippen LogP contribution in [0, 0.1) is 5.92 Å². The molecule has 0 spiro atoms. The van der Waals surface area contributed by atoms with E-state index in [1.54, 1.807) is 7.11 Å². The number of nitrogens with one attached hydrogen (secondary N) is 1. The van der Waals surface area contributed by atoms with Gasteiger partial charge in [-0.1, -0.05) is 30.3 Å². The van der Waals surface area contributed by atoms with Crippen LogP contribution in [0.4, 0.5) is 0 Å². The molecule has 1 heterocycles. The second-order valence-electron chi connectivity index (χ2n) is 5.43. The largest absolute Gasteiger partial charge is 0.383 e. The van der Waals surface area contributed by atoms with Crippen molar-refractivity contribution < 1.29 is 4.74 Å². The van der Waals surface area contributed by atoms with E-state index in [-0.39, 0.29) is 0 Å². The molecule has 19 heavy (non-hydrogen) atoms. The van der Waals surface area contributed by atoms with Crippen LogP contribution >= 0.6 is 0 Å². The van der Waals surface area contributed by atoms with Gasteiger partial charge in [0.25, 0.3) is 0 Å². The number of hydrogen-bond donors (Lipinski definition) is 1. The summed E-state index contributed by atoms with van der Waals surface area (Å²) in [5.74, 6) is 0.786. The quantitative estimate of drug-likeness (QED) is 0.762. The molecule has 1 aromatic rings. The second-order valence-corrected chi connectivity index (χ2v) is 5.43. The summed E-state index contributed by atoms with van der Waals surface area (Å²) >= 11 is 0. The lowest BCUT2D eigenvalue weighted by molar-refractivity contribution is 0.159. The van der Waals surface area contributed by atoms with E-state index in [1.807, 2.05) is 0 Å². The Balaban J connectivity index is 1.71. The van der Waals surface area contributed by atoms with Crippen molar-refractivity contribution in [1.82, 2.24) is 10.2 Å². The van der Waals surface area contributed by atoms with Crippen molar-refractivity contribution in [2.24, 2.45) is 5.92 Å². The Morgan fingerprint density at radius 2 is 2.16 bits per heavy atom. The molecule has 0 aliphatic carbocycles. The molecule has 0 radical (unpaired) electrons. The van der Waals surface area contributed by atoms with Crippen molar-refractivity contribution in [1.29, 1.82) is 0 Å². The van der Waals surface area contributed by atoms with Crippen LogP contribution in [-0.2, 0) is 11.3 Å². The molecule has 1 aliphatic heterocycles. The van der Waals surface area contributed by atoms with E-state index in [2.05, 4.69) is 40.5 Å². The predicted molar refractivity (Wildman–Crippen MR) is 79.2 cm³/mol. The smallest absolute Gasteiger partial charge is 0.0587 e. The second kappa shape index (κ2) is 8.31. The molecule has 0 aromatic heterocycles. The Bertz CT molecular complexity index is 342. The van der Waals surface area contributed by atoms with Gasteiger partial charge in [-0.25, -0.2) is 0 Å².